The minimum atomic E-state index is -0.435. The van der Waals surface area contributed by atoms with Crippen molar-refractivity contribution in [2.24, 2.45) is 0 Å². The van der Waals surface area contributed by atoms with Crippen LogP contribution in [-0.4, -0.2) is 24.3 Å². The van der Waals surface area contributed by atoms with E-state index in [2.05, 4.69) is 5.32 Å². The topological polar surface area (TPSA) is 41.5 Å². The molecule has 1 unspecified atom stereocenters. The van der Waals surface area contributed by atoms with Crippen molar-refractivity contribution in [3.63, 3.8) is 0 Å². The molecule has 0 radical (unpaired) electrons. The summed E-state index contributed by atoms with van der Waals surface area (Å²) < 4.78 is 18.6. The SMILES string of the molecule is Oc1ccc(F)c(OC2CCNC2)c1. The van der Waals surface area contributed by atoms with Gasteiger partial charge in [-0.3, -0.25) is 0 Å². The Bertz CT molecular complexity index is 324. The second kappa shape index (κ2) is 3.84. The molecule has 0 spiro atoms. The Labute approximate surface area is 81.5 Å². The van der Waals surface area contributed by atoms with Crippen LogP contribution in [0.1, 0.15) is 6.42 Å². The maximum atomic E-state index is 13.2. The van der Waals surface area contributed by atoms with Crippen LogP contribution in [0.3, 0.4) is 0 Å². The van der Waals surface area contributed by atoms with Gasteiger partial charge in [-0.25, -0.2) is 4.39 Å². The summed E-state index contributed by atoms with van der Waals surface area (Å²) in [5.41, 5.74) is 0. The van der Waals surface area contributed by atoms with E-state index in [1.54, 1.807) is 0 Å². The fourth-order valence-corrected chi connectivity index (χ4v) is 1.49. The van der Waals surface area contributed by atoms with Crippen LogP contribution in [0.15, 0.2) is 18.2 Å². The molecule has 1 aromatic rings. The van der Waals surface area contributed by atoms with Gasteiger partial charge in [-0.2, -0.15) is 0 Å². The zero-order chi connectivity index (χ0) is 9.97. The molecule has 1 heterocycles. The molecule has 14 heavy (non-hydrogen) atoms. The van der Waals surface area contributed by atoms with Crippen molar-refractivity contribution in [3.05, 3.63) is 24.0 Å². The fraction of sp³-hybridized carbons (Fsp3) is 0.400. The lowest BCUT2D eigenvalue weighted by molar-refractivity contribution is 0.212. The second-order valence-corrected chi connectivity index (χ2v) is 3.35. The summed E-state index contributed by atoms with van der Waals surface area (Å²) in [7, 11) is 0. The van der Waals surface area contributed by atoms with E-state index in [0.29, 0.717) is 0 Å². The highest BCUT2D eigenvalue weighted by atomic mass is 19.1. The summed E-state index contributed by atoms with van der Waals surface area (Å²) in [5.74, 6) is -0.291. The number of phenols is 1. The van der Waals surface area contributed by atoms with Gasteiger partial charge in [0.2, 0.25) is 0 Å². The lowest BCUT2D eigenvalue weighted by Gasteiger charge is -2.12. The van der Waals surface area contributed by atoms with Gasteiger partial charge >= 0.3 is 0 Å². The first-order valence-electron chi connectivity index (χ1n) is 4.61. The predicted molar refractivity (Wildman–Crippen MR) is 50.0 cm³/mol. The molecular formula is C10H12FNO2. The van der Waals surface area contributed by atoms with Crippen molar-refractivity contribution in [2.75, 3.05) is 13.1 Å². The van der Waals surface area contributed by atoms with Crippen molar-refractivity contribution in [2.45, 2.75) is 12.5 Å². The summed E-state index contributed by atoms with van der Waals surface area (Å²) in [6.07, 6.45) is 0.876. The minimum Gasteiger partial charge on any atom is -0.508 e. The number of hydrogen-bond donors (Lipinski definition) is 2. The molecule has 1 fully saturated rings. The molecule has 1 aromatic carbocycles. The van der Waals surface area contributed by atoms with Crippen LogP contribution in [0, 0.1) is 5.82 Å². The molecule has 0 aromatic heterocycles. The van der Waals surface area contributed by atoms with Gasteiger partial charge in [-0.1, -0.05) is 0 Å². The lowest BCUT2D eigenvalue weighted by atomic mass is 10.3. The molecule has 0 bridgehead atoms. The summed E-state index contributed by atoms with van der Waals surface area (Å²) in [5, 5.41) is 12.3. The van der Waals surface area contributed by atoms with Crippen molar-refractivity contribution >= 4 is 0 Å². The first kappa shape index (κ1) is 9.27. The number of ether oxygens (including phenoxy) is 1. The fourth-order valence-electron chi connectivity index (χ4n) is 1.49. The number of rotatable bonds is 2. The van der Waals surface area contributed by atoms with E-state index in [-0.39, 0.29) is 17.6 Å². The zero-order valence-electron chi connectivity index (χ0n) is 7.66. The van der Waals surface area contributed by atoms with Gasteiger partial charge in [-0.15, -0.1) is 0 Å². The summed E-state index contributed by atoms with van der Waals surface area (Å²) in [6, 6.07) is 3.80. The summed E-state index contributed by atoms with van der Waals surface area (Å²) >= 11 is 0. The van der Waals surface area contributed by atoms with Gasteiger partial charge in [0, 0.05) is 12.6 Å². The Morgan fingerprint density at radius 1 is 1.50 bits per heavy atom. The van der Waals surface area contributed by atoms with Crippen molar-refractivity contribution < 1.29 is 14.2 Å². The smallest absolute Gasteiger partial charge is 0.165 e. The van der Waals surface area contributed by atoms with Crippen LogP contribution in [0.2, 0.25) is 0 Å². The number of benzene rings is 1. The molecule has 1 aliphatic rings. The first-order valence-corrected chi connectivity index (χ1v) is 4.61. The van der Waals surface area contributed by atoms with Gasteiger partial charge in [0.1, 0.15) is 11.9 Å². The average molecular weight is 197 g/mol. The highest BCUT2D eigenvalue weighted by molar-refractivity contribution is 5.33. The van der Waals surface area contributed by atoms with Gasteiger partial charge in [-0.05, 0) is 25.1 Å². The molecular weight excluding hydrogens is 185 g/mol. The van der Waals surface area contributed by atoms with Crippen LogP contribution in [-0.2, 0) is 0 Å². The molecule has 0 amide bonds. The van der Waals surface area contributed by atoms with Crippen molar-refractivity contribution in [1.29, 1.82) is 0 Å². The second-order valence-electron chi connectivity index (χ2n) is 3.35. The van der Waals surface area contributed by atoms with Crippen molar-refractivity contribution in [3.8, 4) is 11.5 Å². The number of phenolic OH excluding ortho intramolecular Hbond substituents is 1. The van der Waals surface area contributed by atoms with Crippen LogP contribution < -0.4 is 10.1 Å². The van der Waals surface area contributed by atoms with Gasteiger partial charge in [0.15, 0.2) is 11.6 Å². The number of nitrogens with one attached hydrogen (secondary N) is 1. The van der Waals surface area contributed by atoms with E-state index < -0.39 is 5.82 Å². The Morgan fingerprint density at radius 3 is 3.07 bits per heavy atom. The molecule has 2 rings (SSSR count). The molecule has 1 aliphatic heterocycles. The molecule has 76 valence electrons. The maximum absolute atomic E-state index is 13.2. The van der Waals surface area contributed by atoms with Gasteiger partial charge < -0.3 is 15.2 Å². The largest absolute Gasteiger partial charge is 0.508 e. The third-order valence-corrected chi connectivity index (χ3v) is 2.22. The first-order chi connectivity index (χ1) is 6.75. The normalized spacial score (nSPS) is 21.1. The molecule has 1 saturated heterocycles. The van der Waals surface area contributed by atoms with Crippen LogP contribution in [0.25, 0.3) is 0 Å². The number of aromatic hydroxyl groups is 1. The predicted octanol–water partition coefficient (Wildman–Crippen LogP) is 1.27. The Balaban J connectivity index is 2.10. The molecule has 4 heteroatoms. The van der Waals surface area contributed by atoms with E-state index >= 15 is 0 Å². The molecule has 3 nitrogen and oxygen atoms in total. The minimum absolute atomic E-state index is 0.00583. The monoisotopic (exact) mass is 197 g/mol. The highest BCUT2D eigenvalue weighted by Gasteiger charge is 2.17. The summed E-state index contributed by atoms with van der Waals surface area (Å²) in [6.45, 7) is 1.63. The van der Waals surface area contributed by atoms with Gasteiger partial charge in [0.25, 0.3) is 0 Å². The Hall–Kier alpha value is -1.29. The van der Waals surface area contributed by atoms with E-state index in [9.17, 15) is 4.39 Å². The van der Waals surface area contributed by atoms with Crippen molar-refractivity contribution in [1.82, 2.24) is 5.32 Å². The maximum Gasteiger partial charge on any atom is 0.165 e. The van der Waals surface area contributed by atoms with Gasteiger partial charge in [0.05, 0.1) is 0 Å². The van der Waals surface area contributed by atoms with E-state index in [4.69, 9.17) is 9.84 Å². The van der Waals surface area contributed by atoms with E-state index in [0.717, 1.165) is 19.5 Å². The third-order valence-electron chi connectivity index (χ3n) is 2.22. The third kappa shape index (κ3) is 1.96. The standard InChI is InChI=1S/C10H12FNO2/c11-9-2-1-7(13)5-10(9)14-8-3-4-12-6-8/h1-2,5,8,12-13H,3-4,6H2. The Morgan fingerprint density at radius 2 is 2.36 bits per heavy atom. The summed E-state index contributed by atoms with van der Waals surface area (Å²) in [4.78, 5) is 0. The van der Waals surface area contributed by atoms with E-state index in [1.165, 1.54) is 18.2 Å². The van der Waals surface area contributed by atoms with Crippen LogP contribution >= 0.6 is 0 Å². The van der Waals surface area contributed by atoms with Crippen LogP contribution in [0.4, 0.5) is 4.39 Å². The van der Waals surface area contributed by atoms with Crippen LogP contribution in [0.5, 0.6) is 11.5 Å². The number of hydrogen-bond acceptors (Lipinski definition) is 3. The number of halogens is 1. The highest BCUT2D eigenvalue weighted by Crippen LogP contribution is 2.24. The molecule has 1 atom stereocenters. The van der Waals surface area contributed by atoms with E-state index in [1.807, 2.05) is 0 Å². The Kier molecular flexibility index (Phi) is 2.54. The average Bonchev–Trinajstić information content (AvgIpc) is 2.64. The quantitative estimate of drug-likeness (QED) is 0.750. The zero-order valence-corrected chi connectivity index (χ0v) is 7.66. The lowest BCUT2D eigenvalue weighted by Crippen LogP contribution is -2.20. The molecule has 0 saturated carbocycles. The molecule has 2 N–H and O–H groups in total. The molecule has 0 aliphatic carbocycles.